The Morgan fingerprint density at radius 1 is 1.18 bits per heavy atom. The zero-order chi connectivity index (χ0) is 8.04. The van der Waals surface area contributed by atoms with Gasteiger partial charge in [0.2, 0.25) is 0 Å². The van der Waals surface area contributed by atoms with Crippen LogP contribution in [0.3, 0.4) is 0 Å². The first-order valence-electron chi connectivity index (χ1n) is 2.36. The first-order valence-corrected chi connectivity index (χ1v) is 3.93. The van der Waals surface area contributed by atoms with Gasteiger partial charge in [0, 0.05) is 12.4 Å². The Labute approximate surface area is 96.7 Å². The van der Waals surface area contributed by atoms with E-state index in [1.165, 1.54) is 0 Å². The van der Waals surface area contributed by atoms with Gasteiger partial charge in [-0.1, -0.05) is 0 Å². The van der Waals surface area contributed by atoms with Gasteiger partial charge in [-0.2, -0.15) is 0 Å². The molecule has 0 aliphatic carbocycles. The van der Waals surface area contributed by atoms with Crippen LogP contribution >= 0.6 is 7.82 Å². The van der Waals surface area contributed by atoms with Crippen molar-refractivity contribution in [2.75, 3.05) is 0 Å². The molecule has 0 saturated heterocycles. The minimum Gasteiger partial charge on any atom is -1.00 e. The molecule has 4 N–H and O–H groups in total. The molecule has 0 fully saturated rings. The predicted molar refractivity (Wildman–Crippen MR) is 43.0 cm³/mol. The average molecular weight is 207 g/mol. The van der Waals surface area contributed by atoms with E-state index in [1.54, 1.807) is 0 Å². The van der Waals surface area contributed by atoms with Gasteiger partial charge in [-0.15, -0.1) is 0 Å². The van der Waals surface area contributed by atoms with Crippen LogP contribution in [0.1, 0.15) is 2.85 Å². The van der Waals surface area contributed by atoms with Crippen LogP contribution in [0.2, 0.25) is 0 Å². The van der Waals surface area contributed by atoms with E-state index < -0.39 is 7.82 Å². The van der Waals surface area contributed by atoms with Gasteiger partial charge in [0.15, 0.2) is 0 Å². The molecule has 5 nitrogen and oxygen atoms in total. The van der Waals surface area contributed by atoms with Crippen LogP contribution in [0.15, 0.2) is 24.5 Å². The molecule has 7 heteroatoms. The molecule has 1 heterocycles. The van der Waals surface area contributed by atoms with Gasteiger partial charge in [0.05, 0.1) is 0 Å². The van der Waals surface area contributed by atoms with Crippen molar-refractivity contribution in [3.63, 3.8) is 0 Å². The van der Waals surface area contributed by atoms with Gasteiger partial charge >= 0.3 is 45.6 Å². The van der Waals surface area contributed by atoms with Crippen LogP contribution < -0.4 is 0 Å². The standard InChI is InChI=1S/C4H5N.Ca.H3O4P.2H/c1-2-4-5-3-1;;1-5(2,3)4;;/h1-5H;;(H3,1,2,3,4);;/q;+2;;2*-1. The largest absolute Gasteiger partial charge is 2.00 e. The third kappa shape index (κ3) is 25.0. The van der Waals surface area contributed by atoms with Gasteiger partial charge in [0.1, 0.15) is 0 Å². The molecule has 0 atom stereocenters. The molecule has 1 rings (SSSR count). The van der Waals surface area contributed by atoms with Crippen LogP contribution in [0, 0.1) is 0 Å². The summed E-state index contributed by atoms with van der Waals surface area (Å²) in [6.07, 6.45) is 3.75. The van der Waals surface area contributed by atoms with Crippen LogP contribution in [0.25, 0.3) is 0 Å². The Bertz CT molecular complexity index is 178. The summed E-state index contributed by atoms with van der Waals surface area (Å²) >= 11 is 0. The zero-order valence-corrected chi connectivity index (χ0v) is 8.82. The Kier molecular flexibility index (Phi) is 9.43. The number of aromatic amines is 1. The van der Waals surface area contributed by atoms with E-state index in [9.17, 15) is 0 Å². The molecule has 0 aliphatic heterocycles. The molecule has 11 heavy (non-hydrogen) atoms. The summed E-state index contributed by atoms with van der Waals surface area (Å²) in [5, 5.41) is 0. The summed E-state index contributed by atoms with van der Waals surface area (Å²) in [5.74, 6) is 0. The molecular formula is C4H10CaNO4P. The Morgan fingerprint density at radius 2 is 1.45 bits per heavy atom. The van der Waals surface area contributed by atoms with Crippen molar-refractivity contribution in [2.24, 2.45) is 0 Å². The molecule has 0 radical (unpaired) electrons. The quantitative estimate of drug-likeness (QED) is 0.354. The maximum atomic E-state index is 8.88. The second kappa shape index (κ2) is 7.31. The fraction of sp³-hybridized carbons (Fsp3) is 0. The van der Waals surface area contributed by atoms with Gasteiger partial charge in [-0.25, -0.2) is 4.57 Å². The zero-order valence-electron chi connectivity index (χ0n) is 7.71. The Morgan fingerprint density at radius 3 is 1.55 bits per heavy atom. The number of phosphoric acid groups is 1. The fourth-order valence-corrected chi connectivity index (χ4v) is 0.278. The van der Waals surface area contributed by atoms with Crippen molar-refractivity contribution in [3.05, 3.63) is 24.5 Å². The minimum absolute atomic E-state index is 0. The predicted octanol–water partition coefficient (Wildman–Crippen LogP) is -0.0697. The summed E-state index contributed by atoms with van der Waals surface area (Å²) in [6.45, 7) is 0. The van der Waals surface area contributed by atoms with Crippen LogP contribution in [-0.4, -0.2) is 57.4 Å². The summed E-state index contributed by atoms with van der Waals surface area (Å²) in [6, 6.07) is 3.89. The fourth-order valence-electron chi connectivity index (χ4n) is 0.278. The summed E-state index contributed by atoms with van der Waals surface area (Å²) in [7, 11) is -4.64. The smallest absolute Gasteiger partial charge is 1.00 e. The normalized spacial score (nSPS) is 9.00. The monoisotopic (exact) mass is 207 g/mol. The number of aromatic nitrogens is 1. The molecule has 1 aromatic heterocycles. The number of nitrogens with one attached hydrogen (secondary N) is 1. The van der Waals surface area contributed by atoms with E-state index in [0.717, 1.165) is 0 Å². The van der Waals surface area contributed by atoms with Gasteiger partial charge in [-0.05, 0) is 12.1 Å². The Balaban J connectivity index is -0.0000000506. The van der Waals surface area contributed by atoms with Crippen molar-refractivity contribution in [2.45, 2.75) is 0 Å². The van der Waals surface area contributed by atoms with Crippen molar-refractivity contribution in [3.8, 4) is 0 Å². The number of hydrogen-bond donors (Lipinski definition) is 4. The maximum Gasteiger partial charge on any atom is 2.00 e. The van der Waals surface area contributed by atoms with E-state index in [1.807, 2.05) is 24.5 Å². The molecule has 0 saturated carbocycles. The number of hydrogen-bond acceptors (Lipinski definition) is 1. The van der Waals surface area contributed by atoms with E-state index in [4.69, 9.17) is 19.2 Å². The van der Waals surface area contributed by atoms with E-state index in [-0.39, 0.29) is 40.6 Å². The summed E-state index contributed by atoms with van der Waals surface area (Å²) < 4.78 is 8.88. The molecule has 1 aromatic rings. The molecule has 0 amide bonds. The van der Waals surface area contributed by atoms with Crippen LogP contribution in [0.4, 0.5) is 0 Å². The first-order chi connectivity index (χ1) is 4.50. The molecule has 0 bridgehead atoms. The van der Waals surface area contributed by atoms with Crippen molar-refractivity contribution in [1.29, 1.82) is 0 Å². The third-order valence-electron chi connectivity index (χ3n) is 0.496. The van der Waals surface area contributed by atoms with E-state index >= 15 is 0 Å². The van der Waals surface area contributed by atoms with Crippen LogP contribution in [-0.2, 0) is 4.57 Å². The molecule has 0 spiro atoms. The maximum absolute atomic E-state index is 8.88. The SMILES string of the molecule is O=P(O)(O)O.[Ca+2].[H-].[H-].c1cc[nH]c1. The van der Waals surface area contributed by atoms with E-state index in [2.05, 4.69) is 4.98 Å². The topological polar surface area (TPSA) is 93.6 Å². The van der Waals surface area contributed by atoms with E-state index in [0.29, 0.717) is 0 Å². The molecule has 0 aromatic carbocycles. The second-order valence-corrected chi connectivity index (χ2v) is 2.42. The van der Waals surface area contributed by atoms with Crippen molar-refractivity contribution in [1.82, 2.24) is 4.98 Å². The second-order valence-electron chi connectivity index (χ2n) is 1.40. The number of H-pyrrole nitrogens is 1. The van der Waals surface area contributed by atoms with Crippen LogP contribution in [0.5, 0.6) is 0 Å². The summed E-state index contributed by atoms with van der Waals surface area (Å²) in [4.78, 5) is 24.4. The third-order valence-corrected chi connectivity index (χ3v) is 0.496. The average Bonchev–Trinajstić information content (AvgIpc) is 2.07. The van der Waals surface area contributed by atoms with Gasteiger partial charge in [-0.3, -0.25) is 0 Å². The van der Waals surface area contributed by atoms with Gasteiger partial charge in [0.25, 0.3) is 0 Å². The van der Waals surface area contributed by atoms with Crippen molar-refractivity contribution < 1.29 is 22.1 Å². The first kappa shape index (κ1) is 14.2. The molecule has 0 aliphatic rings. The molecular weight excluding hydrogens is 197 g/mol. The van der Waals surface area contributed by atoms with Gasteiger partial charge < -0.3 is 22.5 Å². The molecule has 0 unspecified atom stereocenters. The summed E-state index contributed by atoms with van der Waals surface area (Å²) in [5.41, 5.74) is 0. The number of rotatable bonds is 0. The minimum atomic E-state index is -4.64. The molecule has 62 valence electrons. The Hall–Kier alpha value is 0.650. The van der Waals surface area contributed by atoms with Crippen molar-refractivity contribution >= 4 is 45.6 Å².